The van der Waals surface area contributed by atoms with Gasteiger partial charge in [0.05, 0.1) is 11.0 Å². The Morgan fingerprint density at radius 2 is 1.00 bits per heavy atom. The van der Waals surface area contributed by atoms with Gasteiger partial charge >= 0.3 is 0 Å². The van der Waals surface area contributed by atoms with Gasteiger partial charge in [0.2, 0.25) is 0 Å². The van der Waals surface area contributed by atoms with E-state index in [9.17, 15) is 0 Å². The quantitative estimate of drug-likeness (QED) is 0.187. The van der Waals surface area contributed by atoms with E-state index in [-0.39, 0.29) is 0 Å². The molecule has 46 heavy (non-hydrogen) atoms. The fourth-order valence-electron chi connectivity index (χ4n) is 6.65. The molecule has 6 aromatic carbocycles. The van der Waals surface area contributed by atoms with Crippen molar-refractivity contribution in [3.8, 4) is 16.8 Å². The Kier molecular flexibility index (Phi) is 7.16. The molecule has 0 atom stereocenters. The number of hydrogen-bond donors (Lipinski definition) is 0. The van der Waals surface area contributed by atoms with Crippen LogP contribution < -0.4 is 4.90 Å². The highest BCUT2D eigenvalue weighted by atomic mass is 15.1. The molecular formula is C44H34N2. The van der Waals surface area contributed by atoms with Crippen LogP contribution in [0.25, 0.3) is 49.8 Å². The Morgan fingerprint density at radius 3 is 1.63 bits per heavy atom. The van der Waals surface area contributed by atoms with Crippen LogP contribution in [0, 0.1) is 0 Å². The van der Waals surface area contributed by atoms with Gasteiger partial charge in [0.25, 0.3) is 0 Å². The van der Waals surface area contributed by atoms with Gasteiger partial charge in [0.1, 0.15) is 0 Å². The van der Waals surface area contributed by atoms with Crippen molar-refractivity contribution in [1.29, 1.82) is 0 Å². The monoisotopic (exact) mass is 590 g/mol. The maximum Gasteiger partial charge on any atom is 0.0541 e. The molecule has 0 bridgehead atoms. The van der Waals surface area contributed by atoms with Gasteiger partial charge in [-0.25, -0.2) is 0 Å². The van der Waals surface area contributed by atoms with E-state index < -0.39 is 0 Å². The Hall–Kier alpha value is -5.86. The van der Waals surface area contributed by atoms with Crippen molar-refractivity contribution < 1.29 is 0 Å². The van der Waals surface area contributed by atoms with Gasteiger partial charge < -0.3 is 9.47 Å². The highest BCUT2D eigenvalue weighted by molar-refractivity contribution is 6.09. The minimum atomic E-state index is 0.818. The first kappa shape index (κ1) is 27.7. The number of fused-ring (bicyclic) bond motifs is 3. The lowest BCUT2D eigenvalue weighted by atomic mass is 10.00. The average Bonchev–Trinajstić information content (AvgIpc) is 3.30. The molecule has 2 nitrogen and oxygen atoms in total. The second-order valence-electron chi connectivity index (χ2n) is 11.9. The summed E-state index contributed by atoms with van der Waals surface area (Å²) in [6.07, 6.45) is 7.73. The summed E-state index contributed by atoms with van der Waals surface area (Å²) >= 11 is 0. The van der Waals surface area contributed by atoms with E-state index in [2.05, 4.69) is 192 Å². The molecule has 1 aliphatic carbocycles. The van der Waals surface area contributed by atoms with Crippen LogP contribution in [-0.2, 0) is 0 Å². The van der Waals surface area contributed by atoms with Crippen LogP contribution in [0.5, 0.6) is 0 Å². The van der Waals surface area contributed by atoms with Crippen molar-refractivity contribution in [2.45, 2.75) is 6.42 Å². The second kappa shape index (κ2) is 11.9. The predicted octanol–water partition coefficient (Wildman–Crippen LogP) is 11.3. The molecule has 0 radical (unpaired) electrons. The standard InChI is InChI=1S/C44H34N2/c1-45(38-26-22-34(23-27-38)32-12-4-2-5-13-32)40-30-36(33-14-6-3-7-15-33)20-21-37(31-40)35-24-28-39(29-25-35)46-43-18-10-8-16-41(43)42-17-9-11-19-44(42)46/h2-30H,31H2,1H3. The zero-order valence-electron chi connectivity index (χ0n) is 25.8. The van der Waals surface area contributed by atoms with E-state index in [1.807, 2.05) is 0 Å². The van der Waals surface area contributed by atoms with Crippen molar-refractivity contribution in [3.05, 3.63) is 193 Å². The van der Waals surface area contributed by atoms with Crippen molar-refractivity contribution in [2.24, 2.45) is 0 Å². The third-order valence-electron chi connectivity index (χ3n) is 9.13. The smallest absolute Gasteiger partial charge is 0.0541 e. The zero-order valence-corrected chi connectivity index (χ0v) is 25.8. The molecule has 1 heterocycles. The lowest BCUT2D eigenvalue weighted by Crippen LogP contribution is -2.17. The first-order chi connectivity index (χ1) is 22.7. The molecule has 7 aromatic rings. The molecule has 0 amide bonds. The van der Waals surface area contributed by atoms with Crippen molar-refractivity contribution >= 4 is 38.6 Å². The Labute approximate surface area is 270 Å². The van der Waals surface area contributed by atoms with Crippen molar-refractivity contribution in [2.75, 3.05) is 11.9 Å². The first-order valence-electron chi connectivity index (χ1n) is 15.9. The van der Waals surface area contributed by atoms with Gasteiger partial charge in [-0.15, -0.1) is 0 Å². The number of allylic oxidation sites excluding steroid dienone is 5. The fraction of sp³-hybridized carbons (Fsp3) is 0.0455. The summed E-state index contributed by atoms with van der Waals surface area (Å²) in [5.74, 6) is 0. The number of nitrogens with zero attached hydrogens (tertiary/aromatic N) is 2. The summed E-state index contributed by atoms with van der Waals surface area (Å²) in [6.45, 7) is 0. The molecule has 0 N–H and O–H groups in total. The van der Waals surface area contributed by atoms with Gasteiger partial charge in [-0.1, -0.05) is 133 Å². The SMILES string of the molecule is CN(C1=CC(c2ccccc2)=CC=C(c2ccc(-n3c4ccccc4c4ccccc43)cc2)C1)c1ccc(-c2ccccc2)cc1. The predicted molar refractivity (Wildman–Crippen MR) is 196 cm³/mol. The molecule has 2 heteroatoms. The molecule has 0 unspecified atom stereocenters. The summed E-state index contributed by atoms with van der Waals surface area (Å²) < 4.78 is 2.38. The van der Waals surface area contributed by atoms with E-state index in [0.717, 1.165) is 6.42 Å². The van der Waals surface area contributed by atoms with Gasteiger partial charge in [0.15, 0.2) is 0 Å². The van der Waals surface area contributed by atoms with Gasteiger partial charge in [0, 0.05) is 41.3 Å². The molecule has 0 saturated heterocycles. The van der Waals surface area contributed by atoms with E-state index in [1.54, 1.807) is 0 Å². The minimum Gasteiger partial charge on any atom is -0.348 e. The molecule has 8 rings (SSSR count). The number of hydrogen-bond acceptors (Lipinski definition) is 1. The summed E-state index contributed by atoms with van der Waals surface area (Å²) in [7, 11) is 2.18. The maximum absolute atomic E-state index is 2.38. The number of anilines is 1. The van der Waals surface area contributed by atoms with Crippen molar-refractivity contribution in [1.82, 2.24) is 4.57 Å². The zero-order chi connectivity index (χ0) is 30.9. The second-order valence-corrected chi connectivity index (χ2v) is 11.9. The largest absolute Gasteiger partial charge is 0.348 e. The molecule has 220 valence electrons. The fourth-order valence-corrected chi connectivity index (χ4v) is 6.65. The van der Waals surface area contributed by atoms with Gasteiger partial charge in [-0.2, -0.15) is 0 Å². The summed E-state index contributed by atoms with van der Waals surface area (Å²) in [6, 6.07) is 56.6. The van der Waals surface area contributed by atoms with Gasteiger partial charge in [-0.3, -0.25) is 0 Å². The lowest BCUT2D eigenvalue weighted by molar-refractivity contribution is 1.04. The van der Waals surface area contributed by atoms with Crippen LogP contribution in [0.2, 0.25) is 0 Å². The third kappa shape index (κ3) is 5.14. The molecular weight excluding hydrogens is 556 g/mol. The molecule has 1 aliphatic rings. The Balaban J connectivity index is 1.15. The topological polar surface area (TPSA) is 8.17 Å². The van der Waals surface area contributed by atoms with Crippen LogP contribution in [0.4, 0.5) is 5.69 Å². The number of rotatable bonds is 6. The van der Waals surface area contributed by atoms with Gasteiger partial charge in [-0.05, 0) is 75.9 Å². The lowest BCUT2D eigenvalue weighted by Gasteiger charge is -2.24. The van der Waals surface area contributed by atoms with E-state index in [4.69, 9.17) is 0 Å². The molecule has 0 spiro atoms. The van der Waals surface area contributed by atoms with Crippen LogP contribution in [-0.4, -0.2) is 11.6 Å². The normalized spacial score (nSPS) is 13.2. The van der Waals surface area contributed by atoms with Crippen LogP contribution in [0.1, 0.15) is 17.5 Å². The average molecular weight is 591 g/mol. The molecule has 0 aliphatic heterocycles. The number of benzene rings is 6. The third-order valence-corrected chi connectivity index (χ3v) is 9.13. The molecule has 1 aromatic heterocycles. The number of para-hydroxylation sites is 2. The highest BCUT2D eigenvalue weighted by Gasteiger charge is 2.17. The van der Waals surface area contributed by atoms with E-state index in [0.29, 0.717) is 0 Å². The van der Waals surface area contributed by atoms with Crippen LogP contribution in [0.15, 0.2) is 182 Å². The number of aromatic nitrogens is 1. The van der Waals surface area contributed by atoms with Crippen LogP contribution >= 0.6 is 0 Å². The maximum atomic E-state index is 2.38. The van der Waals surface area contributed by atoms with E-state index in [1.165, 1.54) is 72.3 Å². The van der Waals surface area contributed by atoms with E-state index >= 15 is 0 Å². The molecule has 0 saturated carbocycles. The summed E-state index contributed by atoms with van der Waals surface area (Å²) in [5, 5.41) is 2.56. The summed E-state index contributed by atoms with van der Waals surface area (Å²) in [4.78, 5) is 2.33. The first-order valence-corrected chi connectivity index (χ1v) is 15.9. The molecule has 0 fully saturated rings. The van der Waals surface area contributed by atoms with Crippen molar-refractivity contribution in [3.63, 3.8) is 0 Å². The van der Waals surface area contributed by atoms with Crippen LogP contribution in [0.3, 0.4) is 0 Å². The Morgan fingerprint density at radius 1 is 0.478 bits per heavy atom. The summed E-state index contributed by atoms with van der Waals surface area (Å²) in [5.41, 5.74) is 13.4. The minimum absolute atomic E-state index is 0.818. The Bertz CT molecular complexity index is 2200. The highest BCUT2D eigenvalue weighted by Crippen LogP contribution is 2.36.